The Bertz CT molecular complexity index is 427. The largest absolute Gasteiger partial charge is 0.504 e. The summed E-state index contributed by atoms with van der Waals surface area (Å²) in [5.41, 5.74) is -0.598. The lowest BCUT2D eigenvalue weighted by Gasteiger charge is -2.06. The molecule has 0 saturated carbocycles. The second-order valence-corrected chi connectivity index (χ2v) is 2.83. The standard InChI is InChI=1S/C9H9NO5/c1-5(11)6-3-4-7(12)9(15-2)8(6)10(13)14/h3-4,12H,1-2H3. The van der Waals surface area contributed by atoms with Gasteiger partial charge in [0.25, 0.3) is 0 Å². The van der Waals surface area contributed by atoms with Gasteiger partial charge in [-0.1, -0.05) is 0 Å². The number of hydrogen-bond acceptors (Lipinski definition) is 5. The summed E-state index contributed by atoms with van der Waals surface area (Å²) in [5.74, 6) is -1.12. The van der Waals surface area contributed by atoms with Crippen molar-refractivity contribution in [3.63, 3.8) is 0 Å². The topological polar surface area (TPSA) is 89.7 Å². The normalized spacial score (nSPS) is 9.73. The van der Waals surface area contributed by atoms with Gasteiger partial charge in [-0.3, -0.25) is 14.9 Å². The van der Waals surface area contributed by atoms with E-state index in [4.69, 9.17) is 0 Å². The molecule has 80 valence electrons. The summed E-state index contributed by atoms with van der Waals surface area (Å²) in [6, 6.07) is 2.38. The molecule has 6 nitrogen and oxygen atoms in total. The number of ketones is 1. The number of nitro groups is 1. The second-order valence-electron chi connectivity index (χ2n) is 2.83. The smallest absolute Gasteiger partial charge is 0.325 e. The van der Waals surface area contributed by atoms with Crippen LogP contribution in [-0.4, -0.2) is 22.9 Å². The van der Waals surface area contributed by atoms with E-state index in [1.54, 1.807) is 0 Å². The van der Waals surface area contributed by atoms with Crippen LogP contribution in [0.5, 0.6) is 11.5 Å². The Kier molecular flexibility index (Phi) is 2.89. The summed E-state index contributed by atoms with van der Waals surface area (Å²) in [5, 5.41) is 20.0. The van der Waals surface area contributed by atoms with Crippen LogP contribution in [0.15, 0.2) is 12.1 Å². The summed E-state index contributed by atoms with van der Waals surface area (Å²) in [6.07, 6.45) is 0. The number of Topliss-reactive ketones (excluding diaryl/α,β-unsaturated/α-hetero) is 1. The van der Waals surface area contributed by atoms with Crippen LogP contribution in [-0.2, 0) is 0 Å². The van der Waals surface area contributed by atoms with Crippen LogP contribution >= 0.6 is 0 Å². The third-order valence-electron chi connectivity index (χ3n) is 1.88. The van der Waals surface area contributed by atoms with E-state index in [1.165, 1.54) is 26.2 Å². The fraction of sp³-hybridized carbons (Fsp3) is 0.222. The Morgan fingerprint density at radius 1 is 1.53 bits per heavy atom. The van der Waals surface area contributed by atoms with Crippen molar-refractivity contribution >= 4 is 11.5 Å². The van der Waals surface area contributed by atoms with Gasteiger partial charge >= 0.3 is 5.69 Å². The fourth-order valence-electron chi connectivity index (χ4n) is 1.23. The summed E-state index contributed by atoms with van der Waals surface area (Å²) >= 11 is 0. The quantitative estimate of drug-likeness (QED) is 0.465. The molecule has 0 atom stereocenters. The summed E-state index contributed by atoms with van der Waals surface area (Å²) in [4.78, 5) is 21.1. The summed E-state index contributed by atoms with van der Waals surface area (Å²) in [6.45, 7) is 1.21. The van der Waals surface area contributed by atoms with Gasteiger partial charge in [0.05, 0.1) is 17.6 Å². The first kappa shape index (κ1) is 11.0. The van der Waals surface area contributed by atoms with Crippen LogP contribution in [0.3, 0.4) is 0 Å². The monoisotopic (exact) mass is 211 g/mol. The van der Waals surface area contributed by atoms with Crippen molar-refractivity contribution in [2.24, 2.45) is 0 Å². The van der Waals surface area contributed by atoms with Crippen LogP contribution in [0.25, 0.3) is 0 Å². The molecule has 0 spiro atoms. The zero-order valence-corrected chi connectivity index (χ0v) is 8.18. The molecule has 0 aliphatic heterocycles. The number of hydrogen-bond donors (Lipinski definition) is 1. The molecule has 1 N–H and O–H groups in total. The lowest BCUT2D eigenvalue weighted by atomic mass is 10.1. The van der Waals surface area contributed by atoms with E-state index < -0.39 is 16.4 Å². The van der Waals surface area contributed by atoms with E-state index in [0.717, 1.165) is 0 Å². The number of nitrogens with zero attached hydrogens (tertiary/aromatic N) is 1. The molecular formula is C9H9NO5. The van der Waals surface area contributed by atoms with E-state index in [-0.39, 0.29) is 17.1 Å². The third-order valence-corrected chi connectivity index (χ3v) is 1.88. The average molecular weight is 211 g/mol. The minimum atomic E-state index is -0.755. The molecule has 0 aliphatic rings. The van der Waals surface area contributed by atoms with Crippen LogP contribution in [0, 0.1) is 10.1 Å². The SMILES string of the molecule is COc1c(O)ccc(C(C)=O)c1[N+](=O)[O-]. The van der Waals surface area contributed by atoms with Gasteiger partial charge in [-0.25, -0.2) is 0 Å². The van der Waals surface area contributed by atoms with Gasteiger partial charge in [-0.15, -0.1) is 0 Å². The van der Waals surface area contributed by atoms with Gasteiger partial charge in [0.2, 0.25) is 5.75 Å². The van der Waals surface area contributed by atoms with Gasteiger partial charge in [0.15, 0.2) is 11.5 Å². The maximum absolute atomic E-state index is 11.1. The molecule has 0 aromatic heterocycles. The summed E-state index contributed by atoms with van der Waals surface area (Å²) < 4.78 is 4.68. The Morgan fingerprint density at radius 2 is 2.13 bits per heavy atom. The highest BCUT2D eigenvalue weighted by atomic mass is 16.6. The minimum Gasteiger partial charge on any atom is -0.504 e. The predicted molar refractivity (Wildman–Crippen MR) is 51.3 cm³/mol. The number of phenols is 1. The zero-order valence-electron chi connectivity index (χ0n) is 8.18. The lowest BCUT2D eigenvalue weighted by molar-refractivity contribution is -0.386. The Labute approximate surface area is 85.2 Å². The van der Waals surface area contributed by atoms with Crippen molar-refractivity contribution in [2.75, 3.05) is 7.11 Å². The fourth-order valence-corrected chi connectivity index (χ4v) is 1.23. The average Bonchev–Trinajstić information content (AvgIpc) is 2.16. The molecule has 0 bridgehead atoms. The molecule has 0 fully saturated rings. The third kappa shape index (κ3) is 1.88. The predicted octanol–water partition coefficient (Wildman–Crippen LogP) is 1.51. The number of nitro benzene ring substituents is 1. The van der Waals surface area contributed by atoms with Crippen molar-refractivity contribution in [1.29, 1.82) is 0 Å². The van der Waals surface area contributed by atoms with E-state index in [2.05, 4.69) is 4.74 Å². The first-order valence-electron chi connectivity index (χ1n) is 4.04. The number of carbonyl (C=O) groups is 1. The van der Waals surface area contributed by atoms with Crippen molar-refractivity contribution in [1.82, 2.24) is 0 Å². The number of aromatic hydroxyl groups is 1. The highest BCUT2D eigenvalue weighted by Gasteiger charge is 2.26. The molecular weight excluding hydrogens is 202 g/mol. The van der Waals surface area contributed by atoms with Gasteiger partial charge in [0.1, 0.15) is 0 Å². The number of carbonyl (C=O) groups excluding carboxylic acids is 1. The van der Waals surface area contributed by atoms with Gasteiger partial charge in [-0.05, 0) is 19.1 Å². The minimum absolute atomic E-state index is 0.0883. The van der Waals surface area contributed by atoms with Crippen LogP contribution < -0.4 is 4.74 Å². The van der Waals surface area contributed by atoms with E-state index in [1.807, 2.05) is 0 Å². The number of ether oxygens (including phenoxy) is 1. The van der Waals surface area contributed by atoms with Gasteiger partial charge in [0, 0.05) is 0 Å². The Balaban J connectivity index is 3.56. The van der Waals surface area contributed by atoms with Crippen molar-refractivity contribution in [2.45, 2.75) is 6.92 Å². The zero-order chi connectivity index (χ0) is 11.6. The van der Waals surface area contributed by atoms with Crippen LogP contribution in [0.1, 0.15) is 17.3 Å². The molecule has 0 amide bonds. The molecule has 1 rings (SSSR count). The molecule has 0 saturated heterocycles. The molecule has 0 heterocycles. The van der Waals surface area contributed by atoms with E-state index in [0.29, 0.717) is 0 Å². The van der Waals surface area contributed by atoms with E-state index >= 15 is 0 Å². The summed E-state index contributed by atoms with van der Waals surface area (Å²) in [7, 11) is 1.19. The van der Waals surface area contributed by atoms with E-state index in [9.17, 15) is 20.0 Å². The Morgan fingerprint density at radius 3 is 2.53 bits per heavy atom. The molecule has 0 unspecified atom stereocenters. The molecule has 1 aromatic carbocycles. The van der Waals surface area contributed by atoms with Gasteiger partial charge in [-0.2, -0.15) is 0 Å². The molecule has 0 radical (unpaired) electrons. The second kappa shape index (κ2) is 3.95. The molecule has 15 heavy (non-hydrogen) atoms. The van der Waals surface area contributed by atoms with Crippen LogP contribution in [0.2, 0.25) is 0 Å². The maximum atomic E-state index is 11.1. The molecule has 0 aliphatic carbocycles. The maximum Gasteiger partial charge on any atom is 0.325 e. The van der Waals surface area contributed by atoms with Crippen molar-refractivity contribution < 1.29 is 19.6 Å². The number of methoxy groups -OCH3 is 1. The molecule has 6 heteroatoms. The van der Waals surface area contributed by atoms with Crippen LogP contribution in [0.4, 0.5) is 5.69 Å². The molecule has 1 aromatic rings. The number of phenolic OH excluding ortho intramolecular Hbond substituents is 1. The van der Waals surface area contributed by atoms with Crippen molar-refractivity contribution in [3.05, 3.63) is 27.8 Å². The number of benzene rings is 1. The first-order chi connectivity index (χ1) is 6.99. The Hall–Kier alpha value is -2.11. The first-order valence-corrected chi connectivity index (χ1v) is 4.04. The highest BCUT2D eigenvalue weighted by Crippen LogP contribution is 2.38. The number of rotatable bonds is 3. The van der Waals surface area contributed by atoms with Crippen molar-refractivity contribution in [3.8, 4) is 11.5 Å². The highest BCUT2D eigenvalue weighted by molar-refractivity contribution is 5.99. The lowest BCUT2D eigenvalue weighted by Crippen LogP contribution is -2.02. The van der Waals surface area contributed by atoms with Gasteiger partial charge < -0.3 is 9.84 Å².